The lowest BCUT2D eigenvalue weighted by Gasteiger charge is -2.38. The second-order valence-corrected chi connectivity index (χ2v) is 3.90. The van der Waals surface area contributed by atoms with Crippen LogP contribution in [0, 0.1) is 5.92 Å². The quantitative estimate of drug-likeness (QED) is 0.694. The molecule has 2 atom stereocenters. The van der Waals surface area contributed by atoms with E-state index < -0.39 is 0 Å². The first-order valence-corrected chi connectivity index (χ1v) is 5.23. The summed E-state index contributed by atoms with van der Waals surface area (Å²) in [6.45, 7) is 7.84. The van der Waals surface area contributed by atoms with Crippen molar-refractivity contribution < 1.29 is 0 Å². The van der Waals surface area contributed by atoms with Crippen molar-refractivity contribution in [3.05, 3.63) is 0 Å². The molecule has 1 heterocycles. The average Bonchev–Trinajstić information content (AvgIpc) is 2.16. The zero-order valence-corrected chi connectivity index (χ0v) is 8.42. The van der Waals surface area contributed by atoms with Gasteiger partial charge in [0, 0.05) is 6.04 Å². The monoisotopic (exact) mass is 170 g/mol. The van der Waals surface area contributed by atoms with Crippen molar-refractivity contribution in [2.24, 2.45) is 11.7 Å². The summed E-state index contributed by atoms with van der Waals surface area (Å²) < 4.78 is 0. The highest BCUT2D eigenvalue weighted by molar-refractivity contribution is 4.80. The minimum absolute atomic E-state index is 0.672. The summed E-state index contributed by atoms with van der Waals surface area (Å²) in [6.07, 6.45) is 4.12. The van der Waals surface area contributed by atoms with Crippen molar-refractivity contribution in [1.29, 1.82) is 0 Å². The molecule has 0 spiro atoms. The third-order valence-corrected chi connectivity index (χ3v) is 3.10. The Hall–Kier alpha value is -0.0800. The van der Waals surface area contributed by atoms with E-state index in [1.54, 1.807) is 0 Å². The molecule has 0 aliphatic carbocycles. The van der Waals surface area contributed by atoms with Gasteiger partial charge in [-0.25, -0.2) is 0 Å². The van der Waals surface area contributed by atoms with Crippen LogP contribution in [0.3, 0.4) is 0 Å². The highest BCUT2D eigenvalue weighted by atomic mass is 15.2. The number of nitrogens with two attached hydrogens (primary N) is 1. The van der Waals surface area contributed by atoms with E-state index >= 15 is 0 Å². The Morgan fingerprint density at radius 2 is 2.25 bits per heavy atom. The molecule has 0 aromatic carbocycles. The summed E-state index contributed by atoms with van der Waals surface area (Å²) in [5, 5.41) is 0. The molecule has 0 amide bonds. The Morgan fingerprint density at radius 3 is 2.83 bits per heavy atom. The van der Waals surface area contributed by atoms with Gasteiger partial charge in [0.25, 0.3) is 0 Å². The molecule has 2 unspecified atom stereocenters. The highest BCUT2D eigenvalue weighted by Gasteiger charge is 2.24. The summed E-state index contributed by atoms with van der Waals surface area (Å²) in [5.41, 5.74) is 5.69. The first-order chi connectivity index (χ1) is 5.79. The molecule has 0 saturated carbocycles. The number of hydrogen-bond donors (Lipinski definition) is 1. The second-order valence-electron chi connectivity index (χ2n) is 3.90. The lowest BCUT2D eigenvalue weighted by Crippen LogP contribution is -2.45. The molecule has 2 N–H and O–H groups in total. The van der Waals surface area contributed by atoms with Gasteiger partial charge < -0.3 is 10.6 Å². The molecule has 1 rings (SSSR count). The largest absolute Gasteiger partial charge is 0.330 e. The Bertz CT molecular complexity index is 125. The van der Waals surface area contributed by atoms with Gasteiger partial charge in [0.2, 0.25) is 0 Å². The maximum atomic E-state index is 5.69. The van der Waals surface area contributed by atoms with Gasteiger partial charge in [-0.1, -0.05) is 20.3 Å². The first kappa shape index (κ1) is 10.0. The second kappa shape index (κ2) is 4.83. The van der Waals surface area contributed by atoms with Crippen LogP contribution < -0.4 is 5.73 Å². The Kier molecular flexibility index (Phi) is 4.02. The molecule has 0 aromatic rings. The predicted molar refractivity (Wildman–Crippen MR) is 53.1 cm³/mol. The predicted octanol–water partition coefficient (Wildman–Crippen LogP) is 1.46. The molecule has 1 aliphatic heterocycles. The molecule has 1 aliphatic rings. The number of piperidine rings is 1. The highest BCUT2D eigenvalue weighted by Crippen LogP contribution is 2.22. The van der Waals surface area contributed by atoms with Gasteiger partial charge in [0.1, 0.15) is 0 Å². The summed E-state index contributed by atoms with van der Waals surface area (Å²) in [4.78, 5) is 2.58. The Morgan fingerprint density at radius 1 is 1.50 bits per heavy atom. The fraction of sp³-hybridized carbons (Fsp3) is 1.00. The van der Waals surface area contributed by atoms with Gasteiger partial charge in [-0.2, -0.15) is 0 Å². The van der Waals surface area contributed by atoms with E-state index in [0.717, 1.165) is 12.6 Å². The fourth-order valence-electron chi connectivity index (χ4n) is 2.21. The van der Waals surface area contributed by atoms with Crippen LogP contribution in [0.5, 0.6) is 0 Å². The number of rotatable bonds is 3. The fourth-order valence-corrected chi connectivity index (χ4v) is 2.21. The zero-order valence-electron chi connectivity index (χ0n) is 8.42. The summed E-state index contributed by atoms with van der Waals surface area (Å²) in [7, 11) is 0. The molecule has 0 radical (unpaired) electrons. The molecular weight excluding hydrogens is 148 g/mol. The van der Waals surface area contributed by atoms with Gasteiger partial charge in [-0.15, -0.1) is 0 Å². The van der Waals surface area contributed by atoms with Crippen molar-refractivity contribution in [3.63, 3.8) is 0 Å². The smallest absolute Gasteiger partial charge is 0.0133 e. The third kappa shape index (κ3) is 2.20. The van der Waals surface area contributed by atoms with Gasteiger partial charge in [-0.3, -0.25) is 0 Å². The number of likely N-dealkylation sites (tertiary alicyclic amines) is 1. The Balaban J connectivity index is 2.46. The summed E-state index contributed by atoms with van der Waals surface area (Å²) in [5.74, 6) is 0.672. The molecule has 12 heavy (non-hydrogen) atoms. The topological polar surface area (TPSA) is 29.3 Å². The first-order valence-electron chi connectivity index (χ1n) is 5.23. The van der Waals surface area contributed by atoms with Gasteiger partial charge in [0.05, 0.1) is 0 Å². The van der Waals surface area contributed by atoms with Crippen molar-refractivity contribution in [1.82, 2.24) is 4.90 Å². The van der Waals surface area contributed by atoms with E-state index in [0.29, 0.717) is 5.92 Å². The van der Waals surface area contributed by atoms with E-state index in [4.69, 9.17) is 5.73 Å². The molecule has 2 nitrogen and oxygen atoms in total. The summed E-state index contributed by atoms with van der Waals surface area (Å²) in [6, 6.07) is 0.758. The number of nitrogens with zero attached hydrogens (tertiary/aromatic N) is 1. The molecule has 0 bridgehead atoms. The van der Waals surface area contributed by atoms with E-state index in [9.17, 15) is 0 Å². The van der Waals surface area contributed by atoms with E-state index in [2.05, 4.69) is 18.7 Å². The maximum Gasteiger partial charge on any atom is 0.0133 e. The van der Waals surface area contributed by atoms with Crippen LogP contribution in [0.15, 0.2) is 0 Å². The van der Waals surface area contributed by atoms with E-state index in [1.807, 2.05) is 0 Å². The lowest BCUT2D eigenvalue weighted by molar-refractivity contribution is 0.115. The lowest BCUT2D eigenvalue weighted by atomic mass is 9.91. The van der Waals surface area contributed by atoms with Crippen molar-refractivity contribution >= 4 is 0 Å². The van der Waals surface area contributed by atoms with Crippen LogP contribution in [0.25, 0.3) is 0 Å². The van der Waals surface area contributed by atoms with E-state index in [-0.39, 0.29) is 0 Å². The van der Waals surface area contributed by atoms with Gasteiger partial charge in [-0.05, 0) is 38.4 Å². The molecule has 1 saturated heterocycles. The molecule has 1 fully saturated rings. The third-order valence-electron chi connectivity index (χ3n) is 3.10. The van der Waals surface area contributed by atoms with E-state index in [1.165, 1.54) is 32.4 Å². The minimum Gasteiger partial charge on any atom is -0.330 e. The summed E-state index contributed by atoms with van der Waals surface area (Å²) >= 11 is 0. The molecule has 72 valence electrons. The van der Waals surface area contributed by atoms with Crippen molar-refractivity contribution in [2.45, 2.75) is 39.2 Å². The van der Waals surface area contributed by atoms with Crippen molar-refractivity contribution in [2.75, 3.05) is 19.6 Å². The molecular formula is C10H22N2. The van der Waals surface area contributed by atoms with Crippen LogP contribution >= 0.6 is 0 Å². The van der Waals surface area contributed by atoms with Gasteiger partial charge >= 0.3 is 0 Å². The zero-order chi connectivity index (χ0) is 8.97. The number of hydrogen-bond acceptors (Lipinski definition) is 2. The van der Waals surface area contributed by atoms with Crippen molar-refractivity contribution in [3.8, 4) is 0 Å². The Labute approximate surface area is 76.1 Å². The van der Waals surface area contributed by atoms with Crippen LogP contribution in [0.4, 0.5) is 0 Å². The van der Waals surface area contributed by atoms with Crippen LogP contribution in [-0.4, -0.2) is 30.6 Å². The SMILES string of the molecule is CCN1CCCCC1C(C)CN. The molecule has 0 aromatic heterocycles. The standard InChI is InChI=1S/C10H22N2/c1-3-12-7-5-4-6-10(12)9(2)8-11/h9-10H,3-8,11H2,1-2H3. The van der Waals surface area contributed by atoms with Crippen LogP contribution in [0.1, 0.15) is 33.1 Å². The normalized spacial score (nSPS) is 28.8. The maximum absolute atomic E-state index is 5.69. The van der Waals surface area contributed by atoms with Crippen LogP contribution in [0.2, 0.25) is 0 Å². The van der Waals surface area contributed by atoms with Gasteiger partial charge in [0.15, 0.2) is 0 Å². The average molecular weight is 170 g/mol. The van der Waals surface area contributed by atoms with Crippen LogP contribution in [-0.2, 0) is 0 Å². The molecule has 2 heteroatoms. The minimum atomic E-state index is 0.672.